The molecule has 2 aromatic heterocycles. The Kier molecular flexibility index (Phi) is 5.67. The number of hydrogen-bond donors (Lipinski definition) is 0. The Hall–Kier alpha value is -2.67. The molecule has 4 rings (SSSR count). The minimum Gasteiger partial charge on any atom is -0.359 e. The molecule has 1 aliphatic rings. The van der Waals surface area contributed by atoms with Crippen LogP contribution in [0.2, 0.25) is 5.02 Å². The summed E-state index contributed by atoms with van der Waals surface area (Å²) in [5.41, 5.74) is 1.40. The second kappa shape index (κ2) is 8.37. The zero-order valence-corrected chi connectivity index (χ0v) is 17.5. The number of benzene rings is 1. The van der Waals surface area contributed by atoms with Crippen LogP contribution in [0.3, 0.4) is 0 Å². The molecule has 1 fully saturated rings. The maximum absolute atomic E-state index is 12.9. The summed E-state index contributed by atoms with van der Waals surface area (Å²) in [6.45, 7) is 6.40. The first kappa shape index (κ1) is 19.6. The molecule has 1 atom stereocenters. The second-order valence-electron chi connectivity index (χ2n) is 7.88. The molecule has 152 valence electrons. The van der Waals surface area contributed by atoms with Gasteiger partial charge in [0.15, 0.2) is 5.82 Å². The first-order valence-corrected chi connectivity index (χ1v) is 10.4. The Morgan fingerprint density at radius 1 is 1.24 bits per heavy atom. The maximum atomic E-state index is 12.9. The Morgan fingerprint density at radius 2 is 2.03 bits per heavy atom. The Morgan fingerprint density at radius 3 is 2.79 bits per heavy atom. The summed E-state index contributed by atoms with van der Waals surface area (Å²) in [6, 6.07) is 9.81. The summed E-state index contributed by atoms with van der Waals surface area (Å²) < 4.78 is 3.51. The summed E-state index contributed by atoms with van der Waals surface area (Å²) in [4.78, 5) is 15.0. The number of halogens is 1. The highest BCUT2D eigenvalue weighted by Gasteiger charge is 2.32. The highest BCUT2D eigenvalue weighted by Crippen LogP contribution is 2.37. The minimum atomic E-state index is -0.276. The van der Waals surface area contributed by atoms with Gasteiger partial charge >= 0.3 is 0 Å². The standard InChI is InChI=1S/C21H25ClN6O/c1-15(2)12-26-14-23-25-20(26)17-9-6-10-27(17)18-11-24-28(21(29)19(18)22)13-16-7-4-3-5-8-16/h3-5,7-8,11,14-15,17H,6,9-10,12-13H2,1-2H3. The molecule has 0 spiro atoms. The van der Waals surface area contributed by atoms with Crippen LogP contribution in [-0.2, 0) is 13.1 Å². The number of aromatic nitrogens is 5. The quantitative estimate of drug-likeness (QED) is 0.619. The molecule has 3 heterocycles. The fourth-order valence-corrected chi connectivity index (χ4v) is 4.16. The van der Waals surface area contributed by atoms with Crippen molar-refractivity contribution in [2.24, 2.45) is 5.92 Å². The lowest BCUT2D eigenvalue weighted by atomic mass is 10.1. The predicted octanol–water partition coefficient (Wildman–Crippen LogP) is 3.53. The predicted molar refractivity (Wildman–Crippen MR) is 113 cm³/mol. The average molecular weight is 413 g/mol. The molecule has 0 radical (unpaired) electrons. The van der Waals surface area contributed by atoms with E-state index in [1.54, 1.807) is 12.5 Å². The Labute approximate surface area is 174 Å². The lowest BCUT2D eigenvalue weighted by Gasteiger charge is -2.27. The molecule has 7 nitrogen and oxygen atoms in total. The Balaban J connectivity index is 1.63. The van der Waals surface area contributed by atoms with E-state index in [0.717, 1.165) is 37.3 Å². The van der Waals surface area contributed by atoms with Gasteiger partial charge in [-0.1, -0.05) is 55.8 Å². The van der Waals surface area contributed by atoms with Crippen LogP contribution in [0.25, 0.3) is 0 Å². The van der Waals surface area contributed by atoms with E-state index < -0.39 is 0 Å². The van der Waals surface area contributed by atoms with Crippen molar-refractivity contribution >= 4 is 17.3 Å². The van der Waals surface area contributed by atoms with Crippen molar-refractivity contribution in [2.75, 3.05) is 11.4 Å². The van der Waals surface area contributed by atoms with Gasteiger partial charge in [0.25, 0.3) is 5.56 Å². The van der Waals surface area contributed by atoms with Crippen LogP contribution >= 0.6 is 11.6 Å². The van der Waals surface area contributed by atoms with Crippen LogP contribution in [0.15, 0.2) is 47.7 Å². The number of anilines is 1. The van der Waals surface area contributed by atoms with Crippen LogP contribution in [0.1, 0.15) is 44.1 Å². The third kappa shape index (κ3) is 4.05. The van der Waals surface area contributed by atoms with E-state index >= 15 is 0 Å². The molecular formula is C21H25ClN6O. The van der Waals surface area contributed by atoms with Gasteiger partial charge in [-0.25, -0.2) is 4.68 Å². The van der Waals surface area contributed by atoms with Crippen molar-refractivity contribution < 1.29 is 0 Å². The molecule has 8 heteroatoms. The first-order valence-electron chi connectivity index (χ1n) is 9.98. The molecule has 0 N–H and O–H groups in total. The zero-order valence-electron chi connectivity index (χ0n) is 16.7. The van der Waals surface area contributed by atoms with Crippen LogP contribution in [-0.4, -0.2) is 31.1 Å². The van der Waals surface area contributed by atoms with Crippen molar-refractivity contribution in [3.8, 4) is 0 Å². The third-order valence-electron chi connectivity index (χ3n) is 5.21. The van der Waals surface area contributed by atoms with Gasteiger partial charge in [-0.05, 0) is 24.3 Å². The molecular weight excluding hydrogens is 388 g/mol. The van der Waals surface area contributed by atoms with Crippen LogP contribution in [0.4, 0.5) is 5.69 Å². The van der Waals surface area contributed by atoms with E-state index in [9.17, 15) is 4.79 Å². The third-order valence-corrected chi connectivity index (χ3v) is 5.56. The summed E-state index contributed by atoms with van der Waals surface area (Å²) in [5.74, 6) is 1.41. The molecule has 0 saturated carbocycles. The van der Waals surface area contributed by atoms with Gasteiger partial charge in [0.1, 0.15) is 11.3 Å². The van der Waals surface area contributed by atoms with Gasteiger partial charge in [0.05, 0.1) is 24.5 Å². The van der Waals surface area contributed by atoms with Gasteiger partial charge in [0.2, 0.25) is 0 Å². The summed E-state index contributed by atoms with van der Waals surface area (Å²) >= 11 is 6.54. The fourth-order valence-electron chi connectivity index (χ4n) is 3.91. The van der Waals surface area contributed by atoms with Crippen molar-refractivity contribution in [1.29, 1.82) is 0 Å². The van der Waals surface area contributed by atoms with Crippen LogP contribution in [0, 0.1) is 5.92 Å². The largest absolute Gasteiger partial charge is 0.359 e. The highest BCUT2D eigenvalue weighted by molar-refractivity contribution is 6.33. The normalized spacial score (nSPS) is 16.7. The molecule has 1 aromatic carbocycles. The number of rotatable bonds is 6. The lowest BCUT2D eigenvalue weighted by molar-refractivity contribution is 0.487. The molecule has 1 unspecified atom stereocenters. The molecule has 0 bridgehead atoms. The van der Waals surface area contributed by atoms with Gasteiger partial charge in [-0.15, -0.1) is 10.2 Å². The SMILES string of the molecule is CC(C)Cn1cnnc1C1CCCN1c1cnn(Cc2ccccc2)c(=O)c1Cl. The van der Waals surface area contributed by atoms with E-state index in [2.05, 4.69) is 38.6 Å². The number of nitrogens with zero attached hydrogens (tertiary/aromatic N) is 6. The highest BCUT2D eigenvalue weighted by atomic mass is 35.5. The van der Waals surface area contributed by atoms with E-state index in [1.807, 2.05) is 30.3 Å². The lowest BCUT2D eigenvalue weighted by Crippen LogP contribution is -2.30. The van der Waals surface area contributed by atoms with Gasteiger partial charge in [-0.3, -0.25) is 4.79 Å². The van der Waals surface area contributed by atoms with E-state index in [4.69, 9.17) is 11.6 Å². The minimum absolute atomic E-state index is 0.0416. The van der Waals surface area contributed by atoms with Crippen molar-refractivity contribution in [3.63, 3.8) is 0 Å². The summed E-state index contributed by atoms with van der Waals surface area (Å²) in [6.07, 6.45) is 5.43. The average Bonchev–Trinajstić information content (AvgIpc) is 3.35. The van der Waals surface area contributed by atoms with Gasteiger partial charge in [0, 0.05) is 13.1 Å². The van der Waals surface area contributed by atoms with Crippen LogP contribution < -0.4 is 10.5 Å². The molecule has 29 heavy (non-hydrogen) atoms. The van der Waals surface area contributed by atoms with Crippen LogP contribution in [0.5, 0.6) is 0 Å². The monoisotopic (exact) mass is 412 g/mol. The van der Waals surface area contributed by atoms with E-state index in [-0.39, 0.29) is 16.6 Å². The molecule has 1 aliphatic heterocycles. The summed E-state index contributed by atoms with van der Waals surface area (Å²) in [5, 5.41) is 13.1. The molecule has 0 aliphatic carbocycles. The molecule has 0 amide bonds. The van der Waals surface area contributed by atoms with Gasteiger partial charge in [-0.2, -0.15) is 5.10 Å². The van der Waals surface area contributed by atoms with Crippen molar-refractivity contribution in [1.82, 2.24) is 24.5 Å². The second-order valence-corrected chi connectivity index (χ2v) is 8.26. The molecule has 3 aromatic rings. The zero-order chi connectivity index (χ0) is 20.4. The maximum Gasteiger partial charge on any atom is 0.287 e. The number of hydrogen-bond acceptors (Lipinski definition) is 5. The molecule has 1 saturated heterocycles. The van der Waals surface area contributed by atoms with Crippen molar-refractivity contribution in [2.45, 2.75) is 45.8 Å². The van der Waals surface area contributed by atoms with Gasteiger partial charge < -0.3 is 9.47 Å². The Bertz CT molecular complexity index is 1030. The topological polar surface area (TPSA) is 68.8 Å². The summed E-state index contributed by atoms with van der Waals surface area (Å²) in [7, 11) is 0. The first-order chi connectivity index (χ1) is 14.0. The van der Waals surface area contributed by atoms with Crippen molar-refractivity contribution in [3.05, 3.63) is 69.6 Å². The van der Waals surface area contributed by atoms with E-state index in [0.29, 0.717) is 18.2 Å². The van der Waals surface area contributed by atoms with E-state index in [1.165, 1.54) is 4.68 Å². The fraction of sp³-hybridized carbons (Fsp3) is 0.429. The smallest absolute Gasteiger partial charge is 0.287 e.